The fourth-order valence-corrected chi connectivity index (χ4v) is 6.98. The largest absolute Gasteiger partial charge is 0.304 e. The number of ketones is 1. The Kier molecular flexibility index (Phi) is 7.67. The van der Waals surface area contributed by atoms with Crippen LogP contribution in [0.1, 0.15) is 75.0 Å². The summed E-state index contributed by atoms with van der Waals surface area (Å²) in [6.45, 7) is 0. The predicted octanol–water partition coefficient (Wildman–Crippen LogP) is 3.49. The molecule has 210 valence electrons. The van der Waals surface area contributed by atoms with Gasteiger partial charge in [0.1, 0.15) is 5.82 Å². The number of carbonyl (C=O) groups is 2. The van der Waals surface area contributed by atoms with Crippen molar-refractivity contribution >= 4 is 27.3 Å². The molecule has 39 heavy (non-hydrogen) atoms. The van der Waals surface area contributed by atoms with Crippen LogP contribution in [0.2, 0.25) is 0 Å². The SMILES string of the molecule is CN(C)C1(c2ccccc2)CCC2(CC1)C[C@@H](c1cc(S(C)(=O)=O)cnc1NC(=O)C(=O)CC1CCC1)NN2. The Morgan fingerprint density at radius 2 is 1.79 bits per heavy atom. The minimum atomic E-state index is -3.51. The van der Waals surface area contributed by atoms with Crippen LogP contribution in [0.25, 0.3) is 0 Å². The van der Waals surface area contributed by atoms with Gasteiger partial charge in [-0.15, -0.1) is 0 Å². The molecule has 9 nitrogen and oxygen atoms in total. The molecule has 0 bridgehead atoms. The summed E-state index contributed by atoms with van der Waals surface area (Å²) in [5, 5.41) is 2.69. The second-order valence-electron chi connectivity index (χ2n) is 11.9. The van der Waals surface area contributed by atoms with Crippen molar-refractivity contribution in [1.82, 2.24) is 20.7 Å². The van der Waals surface area contributed by atoms with Crippen molar-refractivity contribution in [2.45, 2.75) is 79.8 Å². The van der Waals surface area contributed by atoms with Crippen molar-refractivity contribution in [2.24, 2.45) is 5.92 Å². The lowest BCUT2D eigenvalue weighted by atomic mass is 9.67. The topological polar surface area (TPSA) is 120 Å². The zero-order valence-corrected chi connectivity index (χ0v) is 23.8. The highest BCUT2D eigenvalue weighted by Gasteiger charge is 2.48. The van der Waals surface area contributed by atoms with Gasteiger partial charge in [-0.1, -0.05) is 36.8 Å². The van der Waals surface area contributed by atoms with Gasteiger partial charge in [0.05, 0.1) is 10.9 Å². The molecule has 2 aromatic rings. The van der Waals surface area contributed by atoms with E-state index in [2.05, 4.69) is 64.4 Å². The van der Waals surface area contributed by atoms with Crippen LogP contribution in [-0.2, 0) is 25.0 Å². The average Bonchev–Trinajstić information content (AvgIpc) is 3.30. The van der Waals surface area contributed by atoms with Gasteiger partial charge in [0.15, 0.2) is 9.84 Å². The summed E-state index contributed by atoms with van der Waals surface area (Å²) in [6, 6.07) is 11.9. The van der Waals surface area contributed by atoms with Crippen molar-refractivity contribution in [3.63, 3.8) is 0 Å². The number of anilines is 1. The van der Waals surface area contributed by atoms with Gasteiger partial charge < -0.3 is 5.32 Å². The molecule has 0 unspecified atom stereocenters. The van der Waals surface area contributed by atoms with E-state index >= 15 is 0 Å². The van der Waals surface area contributed by atoms with Gasteiger partial charge in [0.25, 0.3) is 5.91 Å². The molecule has 3 aliphatic rings. The van der Waals surface area contributed by atoms with Crippen LogP contribution in [0.4, 0.5) is 5.82 Å². The maximum Gasteiger partial charge on any atom is 0.292 e. The molecule has 1 saturated heterocycles. The summed E-state index contributed by atoms with van der Waals surface area (Å²) in [6.07, 6.45) is 10.2. The van der Waals surface area contributed by atoms with Gasteiger partial charge >= 0.3 is 0 Å². The molecule has 2 saturated carbocycles. The number of pyridine rings is 1. The number of amides is 1. The molecule has 3 fully saturated rings. The second-order valence-corrected chi connectivity index (χ2v) is 13.9. The number of hydrogen-bond donors (Lipinski definition) is 3. The molecule has 1 aromatic carbocycles. The highest BCUT2D eigenvalue weighted by Crippen LogP contribution is 2.48. The number of hydrogen-bond acceptors (Lipinski definition) is 8. The van der Waals surface area contributed by atoms with Gasteiger partial charge in [0, 0.05) is 35.5 Å². The number of benzene rings is 1. The Labute approximate surface area is 231 Å². The number of aromatic nitrogens is 1. The minimum Gasteiger partial charge on any atom is -0.304 e. The van der Waals surface area contributed by atoms with Crippen molar-refractivity contribution in [2.75, 3.05) is 25.7 Å². The number of sulfone groups is 1. The third-order valence-electron chi connectivity index (χ3n) is 9.19. The van der Waals surface area contributed by atoms with Crippen LogP contribution in [-0.4, -0.2) is 55.9 Å². The van der Waals surface area contributed by atoms with Crippen molar-refractivity contribution in [3.8, 4) is 0 Å². The molecular weight excluding hydrogens is 514 g/mol. The Balaban J connectivity index is 1.36. The standard InChI is InChI=1S/C29H39N5O4S/c1-34(2)29(21-10-5-4-6-11-21)14-12-28(13-15-29)18-24(32-33-28)23-17-22(39(3,37)38)19-30-26(23)31-27(36)25(35)16-20-8-7-9-20/h4-6,10-11,17,19-20,24,32-33H,7-9,12-16,18H2,1-3H3,(H,30,31,36)/t24-,28?,29?/m0/s1. The van der Waals surface area contributed by atoms with E-state index < -0.39 is 21.5 Å². The third kappa shape index (κ3) is 5.66. The Morgan fingerprint density at radius 1 is 1.10 bits per heavy atom. The van der Waals surface area contributed by atoms with Crippen LogP contribution in [0.3, 0.4) is 0 Å². The van der Waals surface area contributed by atoms with E-state index in [1.54, 1.807) is 6.07 Å². The van der Waals surface area contributed by atoms with E-state index in [4.69, 9.17) is 0 Å². The summed E-state index contributed by atoms with van der Waals surface area (Å²) in [5.74, 6) is -0.643. The quantitative estimate of drug-likeness (QED) is 0.425. The van der Waals surface area contributed by atoms with Crippen molar-refractivity contribution in [3.05, 3.63) is 53.7 Å². The van der Waals surface area contributed by atoms with Crippen molar-refractivity contribution in [1.29, 1.82) is 0 Å². The third-order valence-corrected chi connectivity index (χ3v) is 10.3. The first-order valence-electron chi connectivity index (χ1n) is 13.8. The Morgan fingerprint density at radius 3 is 2.38 bits per heavy atom. The normalized spacial score (nSPS) is 27.4. The van der Waals surface area contributed by atoms with Gasteiger partial charge in [-0.05, 0) is 76.6 Å². The molecule has 2 aliphatic carbocycles. The number of nitrogens with one attached hydrogen (secondary N) is 3. The Hall–Kier alpha value is -2.66. The molecule has 2 heterocycles. The van der Waals surface area contributed by atoms with E-state index in [9.17, 15) is 18.0 Å². The van der Waals surface area contributed by atoms with Crippen molar-refractivity contribution < 1.29 is 18.0 Å². The number of nitrogens with zero attached hydrogens (tertiary/aromatic N) is 2. The lowest BCUT2D eigenvalue weighted by Gasteiger charge is -2.49. The first-order chi connectivity index (χ1) is 18.5. The summed E-state index contributed by atoms with van der Waals surface area (Å²) in [5.41, 5.74) is 8.55. The summed E-state index contributed by atoms with van der Waals surface area (Å²) >= 11 is 0. The maximum atomic E-state index is 12.7. The smallest absolute Gasteiger partial charge is 0.292 e. The van der Waals surface area contributed by atoms with Crippen LogP contribution in [0.5, 0.6) is 0 Å². The van der Waals surface area contributed by atoms with Crippen LogP contribution in [0, 0.1) is 5.92 Å². The molecule has 1 aromatic heterocycles. The summed E-state index contributed by atoms with van der Waals surface area (Å²) in [4.78, 5) is 32.0. The fourth-order valence-electron chi connectivity index (χ4n) is 6.40. The van der Waals surface area contributed by atoms with Crippen LogP contribution < -0.4 is 16.2 Å². The van der Waals surface area contributed by atoms with E-state index in [0.29, 0.717) is 12.0 Å². The minimum absolute atomic E-state index is 0.0516. The molecule has 10 heteroatoms. The maximum absolute atomic E-state index is 12.7. The number of Topliss-reactive ketones (excluding diaryl/α,β-unsaturated/α-hetero) is 1. The zero-order chi connectivity index (χ0) is 27.8. The van der Waals surface area contributed by atoms with E-state index in [1.165, 1.54) is 11.8 Å². The van der Waals surface area contributed by atoms with Gasteiger partial charge in [-0.3, -0.25) is 19.9 Å². The van der Waals surface area contributed by atoms with Crippen LogP contribution in [0.15, 0.2) is 47.5 Å². The average molecular weight is 554 g/mol. The number of rotatable bonds is 8. The molecular formula is C29H39N5O4S. The molecule has 1 atom stereocenters. The fraction of sp³-hybridized carbons (Fsp3) is 0.552. The monoisotopic (exact) mass is 553 g/mol. The van der Waals surface area contributed by atoms with Crippen LogP contribution >= 0.6 is 0 Å². The zero-order valence-electron chi connectivity index (χ0n) is 23.0. The van der Waals surface area contributed by atoms with E-state index in [0.717, 1.165) is 51.2 Å². The van der Waals surface area contributed by atoms with E-state index in [-0.39, 0.29) is 40.2 Å². The first-order valence-corrected chi connectivity index (χ1v) is 15.7. The predicted molar refractivity (Wildman–Crippen MR) is 150 cm³/mol. The second kappa shape index (κ2) is 10.7. The van der Waals surface area contributed by atoms with Gasteiger partial charge in [-0.2, -0.15) is 0 Å². The highest BCUT2D eigenvalue weighted by atomic mass is 32.2. The van der Waals surface area contributed by atoms with Gasteiger partial charge in [0.2, 0.25) is 5.78 Å². The van der Waals surface area contributed by atoms with Gasteiger partial charge in [-0.25, -0.2) is 18.8 Å². The molecule has 1 spiro atoms. The highest BCUT2D eigenvalue weighted by molar-refractivity contribution is 7.90. The Bertz CT molecular complexity index is 1330. The van der Waals surface area contributed by atoms with E-state index in [1.807, 2.05) is 6.07 Å². The first kappa shape index (κ1) is 27.9. The molecule has 1 aliphatic heterocycles. The lowest BCUT2D eigenvalue weighted by Crippen LogP contribution is -2.53. The number of hydrazine groups is 1. The molecule has 3 N–H and O–H groups in total. The summed E-state index contributed by atoms with van der Waals surface area (Å²) < 4.78 is 24.7. The molecule has 0 radical (unpaired) electrons. The summed E-state index contributed by atoms with van der Waals surface area (Å²) in [7, 11) is 0.760. The molecule has 1 amide bonds. The lowest BCUT2D eigenvalue weighted by molar-refractivity contribution is -0.135. The molecule has 5 rings (SSSR count). The number of carbonyl (C=O) groups excluding carboxylic acids is 2.